The molecule has 0 atom stereocenters. The van der Waals surface area contributed by atoms with E-state index in [9.17, 15) is 0 Å². The Balaban J connectivity index is 1.97. The van der Waals surface area contributed by atoms with Crippen LogP contribution < -0.4 is 19.5 Å². The molecule has 0 bridgehead atoms. The van der Waals surface area contributed by atoms with Gasteiger partial charge < -0.3 is 19.5 Å². The normalized spacial score (nSPS) is 10.4. The van der Waals surface area contributed by atoms with E-state index in [-0.39, 0.29) is 6.10 Å². The van der Waals surface area contributed by atoms with Crippen molar-refractivity contribution < 1.29 is 14.2 Å². The predicted molar refractivity (Wildman–Crippen MR) is 89.1 cm³/mol. The number of anilines is 1. The summed E-state index contributed by atoms with van der Waals surface area (Å²) < 4.78 is 16.2. The summed E-state index contributed by atoms with van der Waals surface area (Å²) in [6, 6.07) is 13.9. The van der Waals surface area contributed by atoms with Crippen LogP contribution in [0.5, 0.6) is 17.2 Å². The van der Waals surface area contributed by atoms with Gasteiger partial charge in [0, 0.05) is 12.2 Å². The Kier molecular flexibility index (Phi) is 5.53. The van der Waals surface area contributed by atoms with Crippen LogP contribution in [0.3, 0.4) is 0 Å². The lowest BCUT2D eigenvalue weighted by Crippen LogP contribution is -2.05. The molecule has 0 aromatic heterocycles. The fourth-order valence-electron chi connectivity index (χ4n) is 2.12. The summed E-state index contributed by atoms with van der Waals surface area (Å²) >= 11 is 0. The first kappa shape index (κ1) is 16.0. The van der Waals surface area contributed by atoms with E-state index in [1.165, 1.54) is 0 Å². The Bertz CT molecular complexity index is 594. The van der Waals surface area contributed by atoms with E-state index in [1.54, 1.807) is 14.2 Å². The van der Waals surface area contributed by atoms with Gasteiger partial charge in [-0.15, -0.1) is 0 Å². The minimum atomic E-state index is 0.186. The van der Waals surface area contributed by atoms with Crippen molar-refractivity contribution in [3.63, 3.8) is 0 Å². The number of hydrogen-bond acceptors (Lipinski definition) is 4. The molecular weight excluding hydrogens is 278 g/mol. The van der Waals surface area contributed by atoms with Crippen molar-refractivity contribution >= 4 is 5.69 Å². The molecule has 0 radical (unpaired) electrons. The molecule has 0 aliphatic rings. The van der Waals surface area contributed by atoms with Crippen LogP contribution in [-0.4, -0.2) is 20.3 Å². The molecular formula is C18H23NO3. The quantitative estimate of drug-likeness (QED) is 0.835. The maximum atomic E-state index is 5.63. The Labute approximate surface area is 132 Å². The number of benzene rings is 2. The smallest absolute Gasteiger partial charge is 0.161 e. The molecule has 0 saturated heterocycles. The van der Waals surface area contributed by atoms with Crippen LogP contribution in [-0.2, 0) is 6.54 Å². The largest absolute Gasteiger partial charge is 0.493 e. The molecule has 0 fully saturated rings. The summed E-state index contributed by atoms with van der Waals surface area (Å²) in [5, 5.41) is 3.38. The average molecular weight is 301 g/mol. The third-order valence-electron chi connectivity index (χ3n) is 3.17. The van der Waals surface area contributed by atoms with Gasteiger partial charge in [0.05, 0.1) is 20.3 Å². The van der Waals surface area contributed by atoms with E-state index < -0.39 is 0 Å². The minimum absolute atomic E-state index is 0.186. The third kappa shape index (κ3) is 4.32. The second-order valence-corrected chi connectivity index (χ2v) is 5.23. The molecule has 22 heavy (non-hydrogen) atoms. The van der Waals surface area contributed by atoms with Crippen molar-refractivity contribution in [1.82, 2.24) is 0 Å². The number of rotatable bonds is 7. The van der Waals surface area contributed by atoms with Gasteiger partial charge in [-0.25, -0.2) is 0 Å². The first-order valence-corrected chi connectivity index (χ1v) is 7.34. The van der Waals surface area contributed by atoms with Gasteiger partial charge in [-0.1, -0.05) is 6.07 Å². The maximum absolute atomic E-state index is 5.63. The van der Waals surface area contributed by atoms with E-state index in [1.807, 2.05) is 56.3 Å². The van der Waals surface area contributed by atoms with Crippen molar-refractivity contribution in [3.05, 3.63) is 48.0 Å². The summed E-state index contributed by atoms with van der Waals surface area (Å²) in [5.41, 5.74) is 2.17. The van der Waals surface area contributed by atoms with Crippen LogP contribution in [0, 0.1) is 0 Å². The number of nitrogens with one attached hydrogen (secondary N) is 1. The second kappa shape index (κ2) is 7.59. The SMILES string of the molecule is COc1ccc(CNc2ccc(OC(C)C)cc2)cc1OC. The molecule has 0 aliphatic heterocycles. The summed E-state index contributed by atoms with van der Waals surface area (Å²) in [5.74, 6) is 2.36. The molecule has 2 rings (SSSR count). The number of methoxy groups -OCH3 is 2. The van der Waals surface area contributed by atoms with Gasteiger partial charge in [-0.2, -0.15) is 0 Å². The molecule has 2 aromatic carbocycles. The van der Waals surface area contributed by atoms with Crippen LogP contribution in [0.25, 0.3) is 0 Å². The van der Waals surface area contributed by atoms with Gasteiger partial charge in [0.2, 0.25) is 0 Å². The van der Waals surface area contributed by atoms with Crippen LogP contribution >= 0.6 is 0 Å². The molecule has 4 heteroatoms. The highest BCUT2D eigenvalue weighted by Gasteiger charge is 2.04. The molecule has 2 aromatic rings. The van der Waals surface area contributed by atoms with Crippen LogP contribution in [0.2, 0.25) is 0 Å². The minimum Gasteiger partial charge on any atom is -0.493 e. The molecule has 0 amide bonds. The molecule has 4 nitrogen and oxygen atoms in total. The second-order valence-electron chi connectivity index (χ2n) is 5.23. The van der Waals surface area contributed by atoms with Gasteiger partial charge >= 0.3 is 0 Å². The van der Waals surface area contributed by atoms with E-state index in [0.29, 0.717) is 6.54 Å². The molecule has 0 unspecified atom stereocenters. The Morgan fingerprint density at radius 3 is 2.18 bits per heavy atom. The van der Waals surface area contributed by atoms with Crippen molar-refractivity contribution in [2.45, 2.75) is 26.5 Å². The van der Waals surface area contributed by atoms with Gasteiger partial charge in [0.25, 0.3) is 0 Å². The Morgan fingerprint density at radius 2 is 1.59 bits per heavy atom. The first-order valence-electron chi connectivity index (χ1n) is 7.34. The highest BCUT2D eigenvalue weighted by molar-refractivity contribution is 5.48. The Hall–Kier alpha value is -2.36. The molecule has 0 aliphatic carbocycles. The first-order chi connectivity index (χ1) is 10.6. The van der Waals surface area contributed by atoms with Gasteiger partial charge in [-0.3, -0.25) is 0 Å². The van der Waals surface area contributed by atoms with Crippen LogP contribution in [0.1, 0.15) is 19.4 Å². The van der Waals surface area contributed by atoms with E-state index in [2.05, 4.69) is 5.32 Å². The van der Waals surface area contributed by atoms with Crippen molar-refractivity contribution in [2.24, 2.45) is 0 Å². The fourth-order valence-corrected chi connectivity index (χ4v) is 2.12. The number of ether oxygens (including phenoxy) is 3. The van der Waals surface area contributed by atoms with E-state index in [4.69, 9.17) is 14.2 Å². The van der Waals surface area contributed by atoms with Crippen LogP contribution in [0.15, 0.2) is 42.5 Å². The average Bonchev–Trinajstić information content (AvgIpc) is 2.53. The zero-order chi connectivity index (χ0) is 15.9. The van der Waals surface area contributed by atoms with E-state index >= 15 is 0 Å². The number of hydrogen-bond donors (Lipinski definition) is 1. The monoisotopic (exact) mass is 301 g/mol. The van der Waals surface area contributed by atoms with Crippen molar-refractivity contribution in [2.75, 3.05) is 19.5 Å². The highest BCUT2D eigenvalue weighted by Crippen LogP contribution is 2.28. The molecule has 1 N–H and O–H groups in total. The molecule has 118 valence electrons. The van der Waals surface area contributed by atoms with E-state index in [0.717, 1.165) is 28.5 Å². The van der Waals surface area contributed by atoms with Crippen LogP contribution in [0.4, 0.5) is 5.69 Å². The highest BCUT2D eigenvalue weighted by atomic mass is 16.5. The van der Waals surface area contributed by atoms with Crippen molar-refractivity contribution in [3.8, 4) is 17.2 Å². The topological polar surface area (TPSA) is 39.7 Å². The zero-order valence-corrected chi connectivity index (χ0v) is 13.6. The summed E-state index contributed by atoms with van der Waals surface area (Å²) in [7, 11) is 3.28. The van der Waals surface area contributed by atoms with Crippen molar-refractivity contribution in [1.29, 1.82) is 0 Å². The lowest BCUT2D eigenvalue weighted by molar-refractivity contribution is 0.242. The molecule has 0 spiro atoms. The summed E-state index contributed by atoms with van der Waals surface area (Å²) in [6.45, 7) is 4.75. The lowest BCUT2D eigenvalue weighted by atomic mass is 10.2. The Morgan fingerprint density at radius 1 is 0.909 bits per heavy atom. The van der Waals surface area contributed by atoms with Gasteiger partial charge in [0.1, 0.15) is 5.75 Å². The fraction of sp³-hybridized carbons (Fsp3) is 0.333. The zero-order valence-electron chi connectivity index (χ0n) is 13.6. The summed E-state index contributed by atoms with van der Waals surface area (Å²) in [6.07, 6.45) is 0.186. The van der Waals surface area contributed by atoms with Gasteiger partial charge in [-0.05, 0) is 55.8 Å². The van der Waals surface area contributed by atoms with Gasteiger partial charge in [0.15, 0.2) is 11.5 Å². The summed E-state index contributed by atoms with van der Waals surface area (Å²) in [4.78, 5) is 0. The third-order valence-corrected chi connectivity index (χ3v) is 3.17. The molecule has 0 saturated carbocycles. The standard InChI is InChI=1S/C18H23NO3/c1-13(2)22-16-8-6-15(7-9-16)19-12-14-5-10-17(20-3)18(11-14)21-4/h5-11,13,19H,12H2,1-4H3. The molecule has 0 heterocycles. The maximum Gasteiger partial charge on any atom is 0.161 e. The lowest BCUT2D eigenvalue weighted by Gasteiger charge is -2.12. The predicted octanol–water partition coefficient (Wildman–Crippen LogP) is 4.10.